The fourth-order valence-corrected chi connectivity index (χ4v) is 1.40. The summed E-state index contributed by atoms with van der Waals surface area (Å²) in [5, 5.41) is 0. The molecule has 0 N–H and O–H groups in total. The third kappa shape index (κ3) is 1.37. The molecule has 0 bridgehead atoms. The van der Waals surface area contributed by atoms with E-state index in [1.165, 1.54) is 0 Å². The van der Waals surface area contributed by atoms with Gasteiger partial charge in [-0.15, -0.1) is 0 Å². The first-order valence-electron chi connectivity index (χ1n) is 4.79. The lowest BCUT2D eigenvalue weighted by atomic mass is 10.1. The highest BCUT2D eigenvalue weighted by atomic mass is 16.5. The van der Waals surface area contributed by atoms with Gasteiger partial charge in [0, 0.05) is 13.1 Å². The van der Waals surface area contributed by atoms with E-state index in [0.29, 0.717) is 25.8 Å². The molecule has 0 aromatic carbocycles. The Labute approximate surface area is 73.4 Å². The van der Waals surface area contributed by atoms with Crippen LogP contribution in [0.1, 0.15) is 7.79 Å². The Morgan fingerprint density at radius 2 is 2.50 bits per heavy atom. The van der Waals surface area contributed by atoms with Gasteiger partial charge in [0.1, 0.15) is 0 Å². The summed E-state index contributed by atoms with van der Waals surface area (Å²) in [4.78, 5) is 13.4. The largest absolute Gasteiger partial charge is 0.380 e. The molecule has 66 valence electrons. The van der Waals surface area contributed by atoms with E-state index >= 15 is 0 Å². The predicted molar refractivity (Wildman–Crippen MR) is 44.6 cm³/mol. The van der Waals surface area contributed by atoms with Gasteiger partial charge in [-0.05, 0) is 6.42 Å². The standard InChI is InChI=1S/C9H13NO2/c11-9(8-6-12-7-8)10-4-2-1-3-5-10/h1-2,8H,3-7H2/i2D. The molecule has 0 radical (unpaired) electrons. The van der Waals surface area contributed by atoms with Crippen molar-refractivity contribution < 1.29 is 10.9 Å². The molecule has 0 saturated carbocycles. The minimum Gasteiger partial charge on any atom is -0.380 e. The van der Waals surface area contributed by atoms with Crippen molar-refractivity contribution in [2.75, 3.05) is 26.3 Å². The van der Waals surface area contributed by atoms with E-state index in [0.717, 1.165) is 13.0 Å². The molecule has 0 aliphatic carbocycles. The number of carbonyl (C=O) groups is 1. The molecule has 0 unspecified atom stereocenters. The summed E-state index contributed by atoms with van der Waals surface area (Å²) in [5.41, 5.74) is 0. The molecule has 12 heavy (non-hydrogen) atoms. The molecule has 0 aromatic heterocycles. The fraction of sp³-hybridized carbons (Fsp3) is 0.667. The van der Waals surface area contributed by atoms with Crippen LogP contribution in [0.15, 0.2) is 12.1 Å². The quantitative estimate of drug-likeness (QED) is 0.531. The summed E-state index contributed by atoms with van der Waals surface area (Å²) >= 11 is 0. The Morgan fingerprint density at radius 3 is 3.08 bits per heavy atom. The second-order valence-electron chi connectivity index (χ2n) is 3.19. The Hall–Kier alpha value is -0.830. The molecule has 3 heteroatoms. The second-order valence-corrected chi connectivity index (χ2v) is 3.19. The average molecular weight is 168 g/mol. The van der Waals surface area contributed by atoms with E-state index in [4.69, 9.17) is 6.11 Å². The Morgan fingerprint density at radius 1 is 1.67 bits per heavy atom. The molecule has 3 nitrogen and oxygen atoms in total. The van der Waals surface area contributed by atoms with Crippen LogP contribution in [-0.4, -0.2) is 37.1 Å². The molecule has 2 heterocycles. The van der Waals surface area contributed by atoms with Crippen molar-refractivity contribution in [3.63, 3.8) is 0 Å². The number of amides is 1. The van der Waals surface area contributed by atoms with Crippen LogP contribution in [0.4, 0.5) is 0 Å². The monoisotopic (exact) mass is 168 g/mol. The highest BCUT2D eigenvalue weighted by molar-refractivity contribution is 5.80. The van der Waals surface area contributed by atoms with Gasteiger partial charge in [0.15, 0.2) is 0 Å². The number of carbonyl (C=O) groups excluding carboxylic acids is 1. The summed E-state index contributed by atoms with van der Waals surface area (Å²) in [5.74, 6) is 0.218. The topological polar surface area (TPSA) is 29.5 Å². The van der Waals surface area contributed by atoms with Crippen molar-refractivity contribution >= 4 is 5.91 Å². The van der Waals surface area contributed by atoms with Gasteiger partial charge in [-0.1, -0.05) is 12.1 Å². The van der Waals surface area contributed by atoms with Gasteiger partial charge in [-0.2, -0.15) is 0 Å². The zero-order chi connectivity index (χ0) is 9.26. The van der Waals surface area contributed by atoms with Gasteiger partial charge in [0.2, 0.25) is 5.91 Å². The molecule has 0 atom stereocenters. The molecule has 1 fully saturated rings. The minimum atomic E-state index is 0.0610. The van der Waals surface area contributed by atoms with Crippen LogP contribution in [0.25, 0.3) is 0 Å². The van der Waals surface area contributed by atoms with Crippen LogP contribution in [0, 0.1) is 5.92 Å². The number of ether oxygens (including phenoxy) is 1. The SMILES string of the molecule is [2H]C1=CCCN(C(=O)C2COC2)C1. The van der Waals surface area contributed by atoms with Crippen molar-refractivity contribution in [2.45, 2.75) is 6.42 Å². The number of hydrogen-bond donors (Lipinski definition) is 0. The maximum absolute atomic E-state index is 11.7. The molecule has 1 saturated heterocycles. The zero-order valence-corrected chi connectivity index (χ0v) is 6.95. The molecule has 2 aliphatic rings. The Balaban J connectivity index is 1.93. The van der Waals surface area contributed by atoms with Crippen molar-refractivity contribution in [1.29, 1.82) is 0 Å². The van der Waals surface area contributed by atoms with Crippen molar-refractivity contribution in [2.24, 2.45) is 5.92 Å². The maximum Gasteiger partial charge on any atom is 0.230 e. The van der Waals surface area contributed by atoms with Crippen LogP contribution in [0.2, 0.25) is 0 Å². The van der Waals surface area contributed by atoms with Crippen molar-refractivity contribution in [3.8, 4) is 0 Å². The Bertz CT molecular complexity index is 248. The lowest BCUT2D eigenvalue weighted by molar-refractivity contribution is -0.149. The lowest BCUT2D eigenvalue weighted by Crippen LogP contribution is -2.45. The second kappa shape index (κ2) is 3.27. The summed E-state index contributed by atoms with van der Waals surface area (Å²) in [7, 11) is 0. The van der Waals surface area contributed by atoms with E-state index in [1.54, 1.807) is 4.90 Å². The van der Waals surface area contributed by atoms with Crippen LogP contribution in [-0.2, 0) is 9.53 Å². The summed E-state index contributed by atoms with van der Waals surface area (Å²) in [6.07, 6.45) is 2.69. The third-order valence-corrected chi connectivity index (χ3v) is 2.27. The van der Waals surface area contributed by atoms with Crippen LogP contribution in [0.3, 0.4) is 0 Å². The van der Waals surface area contributed by atoms with Crippen LogP contribution >= 0.6 is 0 Å². The van der Waals surface area contributed by atoms with E-state index in [2.05, 4.69) is 0 Å². The normalized spacial score (nSPS) is 25.8. The summed E-state index contributed by atoms with van der Waals surface area (Å²) in [6.45, 7) is 2.37. The van der Waals surface area contributed by atoms with E-state index in [9.17, 15) is 4.79 Å². The van der Waals surface area contributed by atoms with Gasteiger partial charge in [-0.25, -0.2) is 0 Å². The molecule has 2 rings (SSSR count). The number of hydrogen-bond acceptors (Lipinski definition) is 2. The average Bonchev–Trinajstić information content (AvgIpc) is 2.01. The molecular weight excluding hydrogens is 154 g/mol. The van der Waals surface area contributed by atoms with E-state index in [-0.39, 0.29) is 11.8 Å². The predicted octanol–water partition coefficient (Wildman–Crippen LogP) is 0.421. The van der Waals surface area contributed by atoms with Gasteiger partial charge < -0.3 is 9.64 Å². The number of nitrogens with zero attached hydrogens (tertiary/aromatic N) is 1. The first kappa shape index (κ1) is 6.66. The summed E-state index contributed by atoms with van der Waals surface area (Å²) in [6, 6.07) is 0.555. The first-order chi connectivity index (χ1) is 6.27. The van der Waals surface area contributed by atoms with Crippen LogP contribution in [0.5, 0.6) is 0 Å². The van der Waals surface area contributed by atoms with Crippen LogP contribution < -0.4 is 0 Å². The molecule has 0 aromatic rings. The minimum absolute atomic E-state index is 0.0610. The highest BCUT2D eigenvalue weighted by Gasteiger charge is 2.30. The maximum atomic E-state index is 11.7. The van der Waals surface area contributed by atoms with Crippen molar-refractivity contribution in [1.82, 2.24) is 4.90 Å². The smallest absolute Gasteiger partial charge is 0.230 e. The van der Waals surface area contributed by atoms with Crippen molar-refractivity contribution in [3.05, 3.63) is 12.1 Å². The Kier molecular flexibility index (Phi) is 1.82. The van der Waals surface area contributed by atoms with E-state index in [1.807, 2.05) is 6.08 Å². The van der Waals surface area contributed by atoms with Gasteiger partial charge in [-0.3, -0.25) is 4.79 Å². The van der Waals surface area contributed by atoms with E-state index < -0.39 is 0 Å². The summed E-state index contributed by atoms with van der Waals surface area (Å²) < 4.78 is 12.4. The molecule has 0 spiro atoms. The molecule has 1 amide bonds. The molecule has 2 aliphatic heterocycles. The zero-order valence-electron chi connectivity index (χ0n) is 7.95. The molecular formula is C9H13NO2. The van der Waals surface area contributed by atoms with Gasteiger partial charge in [0.05, 0.1) is 20.5 Å². The third-order valence-electron chi connectivity index (χ3n) is 2.27. The number of rotatable bonds is 1. The van der Waals surface area contributed by atoms with Gasteiger partial charge >= 0.3 is 0 Å². The highest BCUT2D eigenvalue weighted by Crippen LogP contribution is 2.15. The lowest BCUT2D eigenvalue weighted by Gasteiger charge is -2.32. The fourth-order valence-electron chi connectivity index (χ4n) is 1.40. The van der Waals surface area contributed by atoms with Gasteiger partial charge in [0.25, 0.3) is 0 Å². The first-order valence-corrected chi connectivity index (χ1v) is 4.29.